The molecule has 1 amide bonds. The van der Waals surface area contributed by atoms with Crippen LogP contribution in [0.5, 0.6) is 0 Å². The van der Waals surface area contributed by atoms with Crippen LogP contribution in [0.25, 0.3) is 0 Å². The molecule has 0 radical (unpaired) electrons. The van der Waals surface area contributed by atoms with Gasteiger partial charge in [-0.05, 0) is 37.0 Å². The predicted molar refractivity (Wildman–Crippen MR) is 66.6 cm³/mol. The number of halogens is 1. The van der Waals surface area contributed by atoms with Crippen molar-refractivity contribution >= 4 is 17.5 Å². The SMILES string of the molecule is C[C@H](Cl)C(=O)N1C[C@@]2(C)C[C@H]1CC(C)(C)C2. The Labute approximate surface area is 103 Å². The Morgan fingerprint density at radius 2 is 2.00 bits per heavy atom. The maximum absolute atomic E-state index is 12.0. The lowest BCUT2D eigenvalue weighted by atomic mass is 9.65. The molecule has 3 atom stereocenters. The van der Waals surface area contributed by atoms with Crippen molar-refractivity contribution in [3.05, 3.63) is 0 Å². The first-order valence-electron chi connectivity index (χ1n) is 6.17. The van der Waals surface area contributed by atoms with Crippen LogP contribution in [-0.4, -0.2) is 28.8 Å². The molecule has 0 aromatic heterocycles. The average molecular weight is 244 g/mol. The van der Waals surface area contributed by atoms with E-state index in [2.05, 4.69) is 20.8 Å². The number of amides is 1. The molecule has 1 aliphatic carbocycles. The molecular weight excluding hydrogens is 222 g/mol. The first kappa shape index (κ1) is 12.2. The van der Waals surface area contributed by atoms with Gasteiger partial charge in [0.2, 0.25) is 5.91 Å². The molecule has 0 aromatic carbocycles. The highest BCUT2D eigenvalue weighted by Gasteiger charge is 2.51. The van der Waals surface area contributed by atoms with E-state index in [1.165, 1.54) is 6.42 Å². The first-order chi connectivity index (χ1) is 7.22. The van der Waals surface area contributed by atoms with Crippen molar-refractivity contribution in [1.82, 2.24) is 4.90 Å². The number of rotatable bonds is 1. The van der Waals surface area contributed by atoms with Crippen molar-refractivity contribution < 1.29 is 4.79 Å². The highest BCUT2D eigenvalue weighted by atomic mass is 35.5. The lowest BCUT2D eigenvalue weighted by Gasteiger charge is -2.39. The van der Waals surface area contributed by atoms with E-state index in [4.69, 9.17) is 11.6 Å². The zero-order chi connectivity index (χ0) is 12.1. The van der Waals surface area contributed by atoms with Gasteiger partial charge in [0.1, 0.15) is 5.38 Å². The Balaban J connectivity index is 2.19. The van der Waals surface area contributed by atoms with Gasteiger partial charge >= 0.3 is 0 Å². The van der Waals surface area contributed by atoms with Crippen molar-refractivity contribution in [3.63, 3.8) is 0 Å². The fourth-order valence-corrected chi connectivity index (χ4v) is 4.07. The molecular formula is C13H22ClNO. The summed E-state index contributed by atoms with van der Waals surface area (Å²) in [5, 5.41) is -0.383. The number of alkyl halides is 1. The number of likely N-dealkylation sites (tertiary alicyclic amines) is 1. The summed E-state index contributed by atoms with van der Waals surface area (Å²) in [7, 11) is 0. The van der Waals surface area contributed by atoms with Crippen LogP contribution in [0.1, 0.15) is 47.0 Å². The summed E-state index contributed by atoms with van der Waals surface area (Å²) in [6.07, 6.45) is 3.50. The van der Waals surface area contributed by atoms with Crippen molar-refractivity contribution in [3.8, 4) is 0 Å². The van der Waals surface area contributed by atoms with E-state index in [0.717, 1.165) is 19.4 Å². The van der Waals surface area contributed by atoms with E-state index >= 15 is 0 Å². The van der Waals surface area contributed by atoms with Crippen LogP contribution >= 0.6 is 11.6 Å². The summed E-state index contributed by atoms with van der Waals surface area (Å²) in [4.78, 5) is 14.1. The third kappa shape index (κ3) is 2.09. The van der Waals surface area contributed by atoms with Gasteiger partial charge in [0.05, 0.1) is 0 Å². The van der Waals surface area contributed by atoms with Crippen LogP contribution < -0.4 is 0 Å². The lowest BCUT2D eigenvalue weighted by molar-refractivity contribution is -0.131. The Morgan fingerprint density at radius 3 is 2.56 bits per heavy atom. The van der Waals surface area contributed by atoms with Gasteiger partial charge in [-0.15, -0.1) is 11.6 Å². The predicted octanol–water partition coefficient (Wildman–Crippen LogP) is 3.04. The zero-order valence-electron chi connectivity index (χ0n) is 10.7. The summed E-state index contributed by atoms with van der Waals surface area (Å²) < 4.78 is 0. The van der Waals surface area contributed by atoms with Gasteiger partial charge in [-0.3, -0.25) is 4.79 Å². The number of carbonyl (C=O) groups is 1. The van der Waals surface area contributed by atoms with E-state index < -0.39 is 0 Å². The van der Waals surface area contributed by atoms with E-state index in [-0.39, 0.29) is 11.3 Å². The van der Waals surface area contributed by atoms with Crippen LogP contribution in [0.4, 0.5) is 0 Å². The maximum Gasteiger partial charge on any atom is 0.240 e. The molecule has 2 nitrogen and oxygen atoms in total. The van der Waals surface area contributed by atoms with Gasteiger partial charge in [0, 0.05) is 12.6 Å². The second-order valence-electron chi connectivity index (χ2n) is 6.80. The van der Waals surface area contributed by atoms with Gasteiger partial charge in [0.15, 0.2) is 0 Å². The minimum atomic E-state index is -0.383. The smallest absolute Gasteiger partial charge is 0.240 e. The molecule has 2 fully saturated rings. The summed E-state index contributed by atoms with van der Waals surface area (Å²) in [6.45, 7) is 9.62. The Morgan fingerprint density at radius 1 is 1.38 bits per heavy atom. The standard InChI is InChI=1S/C13H22ClNO/c1-9(14)11(16)15-8-13(4)6-10(15)5-12(2,3)7-13/h9-10H,5-8H2,1-4H3/t9-,10+,13-/m0/s1. The average Bonchev–Trinajstić information content (AvgIpc) is 2.33. The lowest BCUT2D eigenvalue weighted by Crippen LogP contribution is -2.40. The maximum atomic E-state index is 12.0. The highest BCUT2D eigenvalue weighted by Crippen LogP contribution is 2.52. The van der Waals surface area contributed by atoms with Gasteiger partial charge in [0.25, 0.3) is 0 Å². The number of nitrogens with zero attached hydrogens (tertiary/aromatic N) is 1. The molecule has 1 saturated heterocycles. The van der Waals surface area contributed by atoms with Crippen molar-refractivity contribution in [2.45, 2.75) is 58.4 Å². The third-order valence-electron chi connectivity index (χ3n) is 4.04. The number of carbonyl (C=O) groups excluding carboxylic acids is 1. The third-order valence-corrected chi connectivity index (χ3v) is 4.22. The van der Waals surface area contributed by atoms with Crippen LogP contribution in [0, 0.1) is 10.8 Å². The van der Waals surface area contributed by atoms with Crippen molar-refractivity contribution in [2.24, 2.45) is 10.8 Å². The van der Waals surface area contributed by atoms with Crippen molar-refractivity contribution in [1.29, 1.82) is 0 Å². The van der Waals surface area contributed by atoms with E-state index in [1.54, 1.807) is 6.92 Å². The first-order valence-corrected chi connectivity index (χ1v) is 6.61. The second kappa shape index (κ2) is 3.63. The fraction of sp³-hybridized carbons (Fsp3) is 0.923. The van der Waals surface area contributed by atoms with Crippen LogP contribution in [-0.2, 0) is 4.79 Å². The molecule has 1 aliphatic heterocycles. The minimum Gasteiger partial charge on any atom is -0.338 e. The summed E-state index contributed by atoms with van der Waals surface area (Å²) in [6, 6.07) is 0.419. The molecule has 0 unspecified atom stereocenters. The Bertz CT molecular complexity index is 313. The molecule has 3 heteroatoms. The van der Waals surface area contributed by atoms with E-state index in [1.807, 2.05) is 4.90 Å². The molecule has 1 heterocycles. The molecule has 2 rings (SSSR count). The Kier molecular flexibility index (Phi) is 2.77. The van der Waals surface area contributed by atoms with E-state index in [9.17, 15) is 4.79 Å². The molecule has 1 saturated carbocycles. The molecule has 2 bridgehead atoms. The molecule has 92 valence electrons. The van der Waals surface area contributed by atoms with E-state index in [0.29, 0.717) is 16.9 Å². The second-order valence-corrected chi connectivity index (χ2v) is 7.45. The number of hydrogen-bond donors (Lipinski definition) is 0. The monoisotopic (exact) mass is 243 g/mol. The minimum absolute atomic E-state index is 0.119. The summed E-state index contributed by atoms with van der Waals surface area (Å²) in [5.41, 5.74) is 0.677. The van der Waals surface area contributed by atoms with Gasteiger partial charge in [-0.1, -0.05) is 20.8 Å². The Hall–Kier alpha value is -0.240. The quantitative estimate of drug-likeness (QED) is 0.649. The van der Waals surface area contributed by atoms with Crippen LogP contribution in [0.15, 0.2) is 0 Å². The molecule has 0 spiro atoms. The molecule has 16 heavy (non-hydrogen) atoms. The van der Waals surface area contributed by atoms with Gasteiger partial charge in [-0.25, -0.2) is 0 Å². The van der Waals surface area contributed by atoms with Gasteiger partial charge in [-0.2, -0.15) is 0 Å². The zero-order valence-corrected chi connectivity index (χ0v) is 11.5. The molecule has 2 aliphatic rings. The normalized spacial score (nSPS) is 38.6. The van der Waals surface area contributed by atoms with Gasteiger partial charge < -0.3 is 4.90 Å². The molecule has 0 N–H and O–H groups in total. The molecule has 0 aromatic rings. The van der Waals surface area contributed by atoms with Crippen LogP contribution in [0.3, 0.4) is 0 Å². The largest absolute Gasteiger partial charge is 0.338 e. The summed E-state index contributed by atoms with van der Waals surface area (Å²) in [5.74, 6) is 0.119. The van der Waals surface area contributed by atoms with Crippen LogP contribution in [0.2, 0.25) is 0 Å². The number of hydrogen-bond acceptors (Lipinski definition) is 1. The van der Waals surface area contributed by atoms with Crippen molar-refractivity contribution in [2.75, 3.05) is 6.54 Å². The fourth-order valence-electron chi connectivity index (χ4n) is 3.95. The highest BCUT2D eigenvalue weighted by molar-refractivity contribution is 6.30. The summed E-state index contributed by atoms with van der Waals surface area (Å²) >= 11 is 5.92. The number of fused-ring (bicyclic) bond motifs is 2. The topological polar surface area (TPSA) is 20.3 Å².